The first-order valence-corrected chi connectivity index (χ1v) is 15.2. The lowest BCUT2D eigenvalue weighted by atomic mass is 9.83. The highest BCUT2D eigenvalue weighted by atomic mass is 32.3. The van der Waals surface area contributed by atoms with Crippen LogP contribution in [0.4, 0.5) is 0 Å². The molecule has 0 radical (unpaired) electrons. The molecule has 2 saturated heterocycles. The van der Waals surface area contributed by atoms with Gasteiger partial charge in [0.15, 0.2) is 12.4 Å². The average molecular weight is 616 g/mol. The molecule has 2 heterocycles. The quantitative estimate of drug-likeness (QED) is 0.139. The third kappa shape index (κ3) is 9.01. The van der Waals surface area contributed by atoms with Crippen LogP contribution in [0.5, 0.6) is 0 Å². The molecule has 0 aromatic heterocycles. The molecule has 0 aromatic rings. The molecule has 0 aromatic carbocycles. The van der Waals surface area contributed by atoms with E-state index < -0.39 is 95.6 Å². The fourth-order valence-corrected chi connectivity index (χ4v) is 5.48. The zero-order chi connectivity index (χ0) is 31.3. The summed E-state index contributed by atoms with van der Waals surface area (Å²) in [6.07, 6.45) is -12.1. The van der Waals surface area contributed by atoms with Gasteiger partial charge in [-0.15, -0.1) is 0 Å². The highest BCUT2D eigenvalue weighted by molar-refractivity contribution is 7.80. The van der Waals surface area contributed by atoms with Crippen LogP contribution in [0, 0.1) is 5.92 Å². The molecule has 0 saturated carbocycles. The van der Waals surface area contributed by atoms with Crippen LogP contribution in [0.1, 0.15) is 67.2 Å². The Hall–Kier alpha value is -1.47. The van der Waals surface area contributed by atoms with Crippen LogP contribution in [0.25, 0.3) is 0 Å². The minimum Gasteiger partial charge on any atom is -0.479 e. The zero-order valence-corrected chi connectivity index (χ0v) is 25.0. The third-order valence-corrected chi connectivity index (χ3v) is 8.45. The molecule has 16 heteroatoms. The number of carbonyl (C=O) groups excluding carboxylic acids is 1. The molecule has 0 aliphatic carbocycles. The summed E-state index contributed by atoms with van der Waals surface area (Å²) < 4.78 is 59.4. The lowest BCUT2D eigenvalue weighted by molar-refractivity contribution is -0.338. The minimum atomic E-state index is -4.91. The summed E-state index contributed by atoms with van der Waals surface area (Å²) in [6, 6.07) is -1.08. The summed E-state index contributed by atoms with van der Waals surface area (Å²) in [5.74, 6) is -2.26. The Balaban J connectivity index is 2.47. The van der Waals surface area contributed by atoms with Crippen molar-refractivity contribution in [2.24, 2.45) is 5.92 Å². The molecule has 6 N–H and O–H groups in total. The molecule has 240 valence electrons. The van der Waals surface area contributed by atoms with Gasteiger partial charge in [-0.05, 0) is 25.7 Å². The van der Waals surface area contributed by atoms with Crippen molar-refractivity contribution < 1.29 is 66.1 Å². The summed E-state index contributed by atoms with van der Waals surface area (Å²) in [5, 5.41) is 45.7. The summed E-state index contributed by atoms with van der Waals surface area (Å²) in [7, 11) is -4.91. The second-order valence-electron chi connectivity index (χ2n) is 10.7. The molecule has 15 nitrogen and oxygen atoms in total. The van der Waals surface area contributed by atoms with Gasteiger partial charge in [0.25, 0.3) is 0 Å². The first-order valence-electron chi connectivity index (χ1n) is 13.8. The van der Waals surface area contributed by atoms with Crippen molar-refractivity contribution in [1.82, 2.24) is 5.32 Å². The van der Waals surface area contributed by atoms with Crippen molar-refractivity contribution in [3.05, 3.63) is 0 Å². The molecule has 1 amide bonds. The number of ether oxygens (including phenoxy) is 4. The van der Waals surface area contributed by atoms with Crippen LogP contribution in [0.2, 0.25) is 0 Å². The fourth-order valence-electron chi connectivity index (χ4n) is 5.17. The molecule has 0 spiro atoms. The Labute approximate surface area is 240 Å². The van der Waals surface area contributed by atoms with Crippen LogP contribution < -0.4 is 5.32 Å². The van der Waals surface area contributed by atoms with E-state index in [1.807, 2.05) is 27.7 Å². The van der Waals surface area contributed by atoms with E-state index in [2.05, 4.69) is 9.50 Å². The number of carboxylic acid groups (broad SMARTS) is 1. The van der Waals surface area contributed by atoms with Gasteiger partial charge in [-0.25, -0.2) is 8.98 Å². The van der Waals surface area contributed by atoms with E-state index in [0.717, 1.165) is 0 Å². The molecule has 10 atom stereocenters. The van der Waals surface area contributed by atoms with Crippen LogP contribution >= 0.6 is 0 Å². The standard InChI is InChI=1S/C25H45NO14S/c1-7-13(8-2)19-15(26-12(5)27)20(16(28)14(37-19)11-36-41(33,34)35)38-24-18(30)17(29)21(22(39-24)23(31)32)40-25(6,9-3)10-4/h13-22,24,28-30H,7-11H2,1-6H3,(H,26,27)(H,31,32)(H,33,34,35). The Morgan fingerprint density at radius 1 is 0.976 bits per heavy atom. The molecule has 2 aliphatic heterocycles. The number of aliphatic hydroxyl groups excluding tert-OH is 3. The molecular weight excluding hydrogens is 570 g/mol. The predicted molar refractivity (Wildman–Crippen MR) is 141 cm³/mol. The smallest absolute Gasteiger partial charge is 0.397 e. The van der Waals surface area contributed by atoms with Crippen molar-refractivity contribution in [2.75, 3.05) is 6.61 Å². The van der Waals surface area contributed by atoms with Gasteiger partial charge in [-0.3, -0.25) is 9.35 Å². The number of carboxylic acids is 1. The number of rotatable bonds is 14. The average Bonchev–Trinajstić information content (AvgIpc) is 2.89. The van der Waals surface area contributed by atoms with Crippen molar-refractivity contribution >= 4 is 22.3 Å². The van der Waals surface area contributed by atoms with E-state index in [4.69, 9.17) is 23.5 Å². The van der Waals surface area contributed by atoms with Crippen LogP contribution in [-0.4, -0.2) is 119 Å². The Bertz CT molecular complexity index is 971. The van der Waals surface area contributed by atoms with Crippen LogP contribution in [-0.2, 0) is 43.1 Å². The van der Waals surface area contributed by atoms with Gasteiger partial charge in [0.1, 0.15) is 36.6 Å². The van der Waals surface area contributed by atoms with Crippen molar-refractivity contribution in [3.8, 4) is 0 Å². The van der Waals surface area contributed by atoms with Crippen molar-refractivity contribution in [3.63, 3.8) is 0 Å². The van der Waals surface area contributed by atoms with Crippen LogP contribution in [0.15, 0.2) is 0 Å². The lowest BCUT2D eigenvalue weighted by Crippen LogP contribution is -2.69. The fraction of sp³-hybridized carbons (Fsp3) is 0.920. The zero-order valence-electron chi connectivity index (χ0n) is 24.2. The summed E-state index contributed by atoms with van der Waals surface area (Å²) >= 11 is 0. The first kappa shape index (κ1) is 35.7. The van der Waals surface area contributed by atoms with E-state index in [-0.39, 0.29) is 5.92 Å². The highest BCUT2D eigenvalue weighted by Gasteiger charge is 2.55. The maximum Gasteiger partial charge on any atom is 0.397 e. The molecule has 2 rings (SSSR count). The topological polar surface area (TPSA) is 228 Å². The van der Waals surface area contributed by atoms with Gasteiger partial charge >= 0.3 is 16.4 Å². The summed E-state index contributed by atoms with van der Waals surface area (Å²) in [4.78, 5) is 24.3. The Morgan fingerprint density at radius 2 is 1.56 bits per heavy atom. The Morgan fingerprint density at radius 3 is 2.02 bits per heavy atom. The second kappa shape index (κ2) is 14.8. The second-order valence-corrected chi connectivity index (χ2v) is 11.8. The number of carbonyl (C=O) groups is 2. The Kier molecular flexibility index (Phi) is 12.9. The molecule has 41 heavy (non-hydrogen) atoms. The molecule has 0 bridgehead atoms. The molecule has 2 aliphatic rings. The van der Waals surface area contributed by atoms with Crippen molar-refractivity contribution in [2.45, 2.75) is 134 Å². The molecular formula is C25H45NO14S. The van der Waals surface area contributed by atoms with Gasteiger partial charge in [0.2, 0.25) is 5.91 Å². The van der Waals surface area contributed by atoms with E-state index in [9.17, 15) is 38.4 Å². The van der Waals surface area contributed by atoms with E-state index >= 15 is 0 Å². The van der Waals surface area contributed by atoms with Gasteiger partial charge in [-0.1, -0.05) is 40.5 Å². The van der Waals surface area contributed by atoms with Crippen LogP contribution in [0.3, 0.4) is 0 Å². The third-order valence-electron chi connectivity index (χ3n) is 8.02. The van der Waals surface area contributed by atoms with Gasteiger partial charge in [0, 0.05) is 6.92 Å². The van der Waals surface area contributed by atoms with Crippen molar-refractivity contribution in [1.29, 1.82) is 0 Å². The van der Waals surface area contributed by atoms with Gasteiger partial charge in [-0.2, -0.15) is 8.42 Å². The number of nitrogens with one attached hydrogen (secondary N) is 1. The number of aliphatic hydroxyl groups is 3. The SMILES string of the molecule is CCC(CC)C1OC(COS(=O)(=O)O)C(O)C(OC2OC(C(=O)O)C(OC(C)(CC)CC)C(O)C2O)C1NC(C)=O. The van der Waals surface area contributed by atoms with E-state index in [1.165, 1.54) is 6.92 Å². The predicted octanol–water partition coefficient (Wildman–Crippen LogP) is -0.245. The summed E-state index contributed by atoms with van der Waals surface area (Å²) in [6.45, 7) is 9.49. The van der Waals surface area contributed by atoms with Gasteiger partial charge in [0.05, 0.1) is 24.4 Å². The molecule has 2 fully saturated rings. The van der Waals surface area contributed by atoms with E-state index in [1.54, 1.807) is 6.92 Å². The monoisotopic (exact) mass is 615 g/mol. The lowest BCUT2D eigenvalue weighted by Gasteiger charge is -2.50. The number of amides is 1. The maximum absolute atomic E-state index is 12.2. The minimum absolute atomic E-state index is 0.244. The highest BCUT2D eigenvalue weighted by Crippen LogP contribution is 2.35. The van der Waals surface area contributed by atoms with Gasteiger partial charge < -0.3 is 44.7 Å². The number of hydrogen-bond donors (Lipinski definition) is 6. The number of aliphatic carboxylic acids is 1. The normalized spacial score (nSPS) is 34.9. The summed E-state index contributed by atoms with van der Waals surface area (Å²) in [5.41, 5.74) is -0.827. The van der Waals surface area contributed by atoms with E-state index in [0.29, 0.717) is 25.7 Å². The number of hydrogen-bond acceptors (Lipinski definition) is 12. The maximum atomic E-state index is 12.2. The first-order chi connectivity index (χ1) is 19.0. The largest absolute Gasteiger partial charge is 0.479 e. The molecule has 10 unspecified atom stereocenters.